The van der Waals surface area contributed by atoms with Crippen molar-refractivity contribution < 1.29 is 13.2 Å². The molecule has 1 heterocycles. The van der Waals surface area contributed by atoms with Gasteiger partial charge in [-0.1, -0.05) is 0 Å². The highest BCUT2D eigenvalue weighted by molar-refractivity contribution is 7.89. The molecule has 0 unspecified atom stereocenters. The summed E-state index contributed by atoms with van der Waals surface area (Å²) in [7, 11) is -1.95. The highest BCUT2D eigenvalue weighted by Crippen LogP contribution is 2.18. The van der Waals surface area contributed by atoms with E-state index < -0.39 is 10.0 Å². The molecule has 0 radical (unpaired) electrons. The maximum atomic E-state index is 12.4. The van der Waals surface area contributed by atoms with Crippen molar-refractivity contribution in [2.24, 2.45) is 0 Å². The van der Waals surface area contributed by atoms with E-state index in [0.717, 1.165) is 13.1 Å². The molecule has 1 aromatic rings. The Morgan fingerprint density at radius 1 is 1.18 bits per heavy atom. The average Bonchev–Trinajstić information content (AvgIpc) is 2.54. The Morgan fingerprint density at radius 3 is 2.23 bits per heavy atom. The molecule has 122 valence electrons. The van der Waals surface area contributed by atoms with Gasteiger partial charge in [0.1, 0.15) is 0 Å². The van der Waals surface area contributed by atoms with Gasteiger partial charge in [0.25, 0.3) is 5.91 Å². The van der Waals surface area contributed by atoms with Crippen LogP contribution in [0.25, 0.3) is 0 Å². The molecule has 0 spiro atoms. The summed E-state index contributed by atoms with van der Waals surface area (Å²) in [6.45, 7) is 6.57. The lowest BCUT2D eigenvalue weighted by Crippen LogP contribution is -2.46. The highest BCUT2D eigenvalue weighted by Gasteiger charge is 2.24. The summed E-state index contributed by atoms with van der Waals surface area (Å²) in [5, 5.41) is 3.19. The van der Waals surface area contributed by atoms with Crippen LogP contribution in [-0.4, -0.2) is 62.8 Å². The minimum Gasteiger partial charge on any atom is -0.336 e. The van der Waals surface area contributed by atoms with Crippen molar-refractivity contribution in [2.45, 2.75) is 24.8 Å². The van der Waals surface area contributed by atoms with E-state index in [-0.39, 0.29) is 16.8 Å². The molecule has 1 aliphatic rings. The fourth-order valence-corrected chi connectivity index (χ4v) is 3.63. The molecule has 2 rings (SSSR count). The molecule has 0 aliphatic carbocycles. The molecule has 1 aromatic carbocycles. The monoisotopic (exact) mass is 325 g/mol. The van der Waals surface area contributed by atoms with Gasteiger partial charge in [-0.15, -0.1) is 0 Å². The Balaban J connectivity index is 2.18. The van der Waals surface area contributed by atoms with Gasteiger partial charge in [-0.05, 0) is 38.1 Å². The summed E-state index contributed by atoms with van der Waals surface area (Å²) in [6, 6.07) is 6.07. The molecule has 0 bridgehead atoms. The van der Waals surface area contributed by atoms with Gasteiger partial charge in [-0.2, -0.15) is 4.31 Å². The predicted molar refractivity (Wildman–Crippen MR) is 85.3 cm³/mol. The molecule has 1 aliphatic heterocycles. The second-order valence-corrected chi connectivity index (χ2v) is 7.68. The van der Waals surface area contributed by atoms with E-state index in [1.165, 1.54) is 16.4 Å². The number of amides is 1. The fourth-order valence-electron chi connectivity index (χ4n) is 2.26. The van der Waals surface area contributed by atoms with E-state index in [0.29, 0.717) is 18.7 Å². The fraction of sp³-hybridized carbons (Fsp3) is 0.533. The maximum Gasteiger partial charge on any atom is 0.253 e. The molecule has 0 aromatic heterocycles. The van der Waals surface area contributed by atoms with Crippen LogP contribution in [0, 0.1) is 0 Å². The number of nitrogens with one attached hydrogen (secondary N) is 1. The van der Waals surface area contributed by atoms with Crippen molar-refractivity contribution >= 4 is 15.9 Å². The normalized spacial score (nSPS) is 16.3. The molecular formula is C15H23N3O3S. The van der Waals surface area contributed by atoms with Gasteiger partial charge in [0.2, 0.25) is 10.0 Å². The standard InChI is InChI=1S/C15H23N3O3S/c1-12(2)17(3)22(20,21)14-6-4-13(5-7-14)15(19)18-10-8-16-9-11-18/h4-7,12,16H,8-11H2,1-3H3. The molecular weight excluding hydrogens is 302 g/mol. The number of carbonyl (C=O) groups is 1. The van der Waals surface area contributed by atoms with Crippen LogP contribution in [0.3, 0.4) is 0 Å². The quantitative estimate of drug-likeness (QED) is 0.887. The van der Waals surface area contributed by atoms with Gasteiger partial charge in [-0.25, -0.2) is 8.42 Å². The summed E-state index contributed by atoms with van der Waals surface area (Å²) >= 11 is 0. The van der Waals surface area contributed by atoms with Crippen molar-refractivity contribution in [3.8, 4) is 0 Å². The van der Waals surface area contributed by atoms with Crippen LogP contribution in [0.15, 0.2) is 29.2 Å². The van der Waals surface area contributed by atoms with Crippen molar-refractivity contribution in [2.75, 3.05) is 33.2 Å². The predicted octanol–water partition coefficient (Wildman–Crippen LogP) is 0.761. The molecule has 1 N–H and O–H groups in total. The van der Waals surface area contributed by atoms with Gasteiger partial charge < -0.3 is 10.2 Å². The van der Waals surface area contributed by atoms with Gasteiger partial charge in [0.15, 0.2) is 0 Å². The first kappa shape index (κ1) is 16.9. The van der Waals surface area contributed by atoms with Crippen LogP contribution in [-0.2, 0) is 10.0 Å². The molecule has 1 amide bonds. The lowest BCUT2D eigenvalue weighted by atomic mass is 10.2. The van der Waals surface area contributed by atoms with Crippen molar-refractivity contribution in [3.63, 3.8) is 0 Å². The average molecular weight is 325 g/mol. The first-order valence-electron chi connectivity index (χ1n) is 7.42. The first-order valence-corrected chi connectivity index (χ1v) is 8.86. The first-order chi connectivity index (χ1) is 10.3. The smallest absolute Gasteiger partial charge is 0.253 e. The van der Waals surface area contributed by atoms with Gasteiger partial charge in [0, 0.05) is 44.8 Å². The summed E-state index contributed by atoms with van der Waals surface area (Å²) < 4.78 is 26.1. The summed E-state index contributed by atoms with van der Waals surface area (Å²) in [5.74, 6) is -0.0531. The highest BCUT2D eigenvalue weighted by atomic mass is 32.2. The van der Waals surface area contributed by atoms with Crippen LogP contribution in [0.4, 0.5) is 0 Å². The third kappa shape index (κ3) is 3.48. The number of hydrogen-bond acceptors (Lipinski definition) is 4. The lowest BCUT2D eigenvalue weighted by Gasteiger charge is -2.27. The molecule has 7 heteroatoms. The minimum atomic E-state index is -3.51. The van der Waals surface area contributed by atoms with Gasteiger partial charge in [0.05, 0.1) is 4.90 Å². The third-order valence-electron chi connectivity index (χ3n) is 3.91. The van der Waals surface area contributed by atoms with Crippen molar-refractivity contribution in [1.82, 2.24) is 14.5 Å². The number of sulfonamides is 1. The molecule has 1 fully saturated rings. The Morgan fingerprint density at radius 2 is 1.73 bits per heavy atom. The van der Waals surface area contributed by atoms with E-state index in [9.17, 15) is 13.2 Å². The van der Waals surface area contributed by atoms with Gasteiger partial charge >= 0.3 is 0 Å². The van der Waals surface area contributed by atoms with Gasteiger partial charge in [-0.3, -0.25) is 4.79 Å². The Hall–Kier alpha value is -1.44. The maximum absolute atomic E-state index is 12.4. The molecule has 6 nitrogen and oxygen atoms in total. The van der Waals surface area contributed by atoms with E-state index in [4.69, 9.17) is 0 Å². The summed E-state index contributed by atoms with van der Waals surface area (Å²) in [6.07, 6.45) is 0. The van der Waals surface area contributed by atoms with Crippen LogP contribution < -0.4 is 5.32 Å². The van der Waals surface area contributed by atoms with E-state index in [1.54, 1.807) is 24.1 Å². The minimum absolute atomic E-state index is 0.0531. The second-order valence-electron chi connectivity index (χ2n) is 5.68. The number of nitrogens with zero attached hydrogens (tertiary/aromatic N) is 2. The number of benzene rings is 1. The zero-order valence-corrected chi connectivity index (χ0v) is 14.1. The Kier molecular flexibility index (Phi) is 5.20. The number of carbonyl (C=O) groups excluding carboxylic acids is 1. The number of piperazine rings is 1. The van der Waals surface area contributed by atoms with Crippen LogP contribution in [0.1, 0.15) is 24.2 Å². The van der Waals surface area contributed by atoms with Crippen molar-refractivity contribution in [1.29, 1.82) is 0 Å². The summed E-state index contributed by atoms with van der Waals surface area (Å²) in [5.41, 5.74) is 0.521. The second kappa shape index (κ2) is 6.76. The molecule has 0 saturated carbocycles. The van der Waals surface area contributed by atoms with E-state index >= 15 is 0 Å². The molecule has 1 saturated heterocycles. The van der Waals surface area contributed by atoms with E-state index in [1.807, 2.05) is 13.8 Å². The largest absolute Gasteiger partial charge is 0.336 e. The molecule has 0 atom stereocenters. The molecule has 22 heavy (non-hydrogen) atoms. The zero-order valence-electron chi connectivity index (χ0n) is 13.2. The number of hydrogen-bond donors (Lipinski definition) is 1. The van der Waals surface area contributed by atoms with Crippen molar-refractivity contribution in [3.05, 3.63) is 29.8 Å². The topological polar surface area (TPSA) is 69.7 Å². The Labute approximate surface area is 132 Å². The lowest BCUT2D eigenvalue weighted by molar-refractivity contribution is 0.0735. The van der Waals surface area contributed by atoms with Crippen LogP contribution in [0.5, 0.6) is 0 Å². The zero-order chi connectivity index (χ0) is 16.3. The SMILES string of the molecule is CC(C)N(C)S(=O)(=O)c1ccc(C(=O)N2CCNCC2)cc1. The third-order valence-corrected chi connectivity index (χ3v) is 5.96. The Bertz CT molecular complexity index is 620. The number of rotatable bonds is 4. The van der Waals surface area contributed by atoms with E-state index in [2.05, 4.69) is 5.32 Å². The summed E-state index contributed by atoms with van der Waals surface area (Å²) in [4.78, 5) is 14.3. The van der Waals surface area contributed by atoms with Crippen LogP contribution >= 0.6 is 0 Å². The van der Waals surface area contributed by atoms with Crippen LogP contribution in [0.2, 0.25) is 0 Å².